The van der Waals surface area contributed by atoms with Crippen molar-refractivity contribution in [2.75, 3.05) is 19.6 Å². The summed E-state index contributed by atoms with van der Waals surface area (Å²) < 4.78 is 26.4. The van der Waals surface area contributed by atoms with E-state index >= 15 is 0 Å². The van der Waals surface area contributed by atoms with E-state index in [2.05, 4.69) is 5.32 Å². The molecule has 0 aliphatic carbocycles. The number of benzene rings is 2. The van der Waals surface area contributed by atoms with E-state index in [0.717, 1.165) is 11.1 Å². The summed E-state index contributed by atoms with van der Waals surface area (Å²) in [6, 6.07) is 13.4. The molecule has 0 bridgehead atoms. The van der Waals surface area contributed by atoms with Crippen LogP contribution in [0.5, 0.6) is 0 Å². The summed E-state index contributed by atoms with van der Waals surface area (Å²) in [6.45, 7) is 4.82. The van der Waals surface area contributed by atoms with Crippen LogP contribution < -0.4 is 11.1 Å². The molecule has 0 heterocycles. The lowest BCUT2D eigenvalue weighted by atomic mass is 10.1. The first-order chi connectivity index (χ1) is 14.3. The normalized spacial score (nSPS) is 11.7. The predicted octanol–water partition coefficient (Wildman–Crippen LogP) is 2.19. The Kier molecular flexibility index (Phi) is 8.32. The van der Waals surface area contributed by atoms with Crippen LogP contribution in [0.3, 0.4) is 0 Å². The van der Waals surface area contributed by atoms with E-state index in [-0.39, 0.29) is 10.8 Å². The minimum absolute atomic E-state index is 0.228. The van der Waals surface area contributed by atoms with Crippen molar-refractivity contribution in [3.05, 3.63) is 71.3 Å². The summed E-state index contributed by atoms with van der Waals surface area (Å²) in [6.07, 6.45) is 3.59. The Morgan fingerprint density at radius 3 is 2.33 bits per heavy atom. The van der Waals surface area contributed by atoms with Gasteiger partial charge in [0, 0.05) is 31.3 Å². The lowest BCUT2D eigenvalue weighted by Crippen LogP contribution is -2.30. The minimum Gasteiger partial charge on any atom is -0.366 e. The minimum atomic E-state index is -3.50. The van der Waals surface area contributed by atoms with E-state index in [0.29, 0.717) is 31.6 Å². The van der Waals surface area contributed by atoms with Gasteiger partial charge in [-0.25, -0.2) is 8.42 Å². The van der Waals surface area contributed by atoms with Crippen molar-refractivity contribution in [1.29, 1.82) is 0 Å². The molecule has 2 aromatic rings. The van der Waals surface area contributed by atoms with Gasteiger partial charge in [-0.15, -0.1) is 0 Å². The number of carbonyl (C=O) groups is 2. The summed E-state index contributed by atoms with van der Waals surface area (Å²) in [5.41, 5.74) is 7.32. The Labute approximate surface area is 177 Å². The van der Waals surface area contributed by atoms with Crippen LogP contribution in [0.25, 0.3) is 6.08 Å². The molecular weight excluding hydrogens is 402 g/mol. The van der Waals surface area contributed by atoms with Gasteiger partial charge in [-0.05, 0) is 47.9 Å². The van der Waals surface area contributed by atoms with Crippen molar-refractivity contribution in [2.45, 2.75) is 25.2 Å². The van der Waals surface area contributed by atoms with Gasteiger partial charge in [0.2, 0.25) is 21.8 Å². The lowest BCUT2D eigenvalue weighted by Gasteiger charge is -2.18. The molecule has 0 saturated carbocycles. The van der Waals surface area contributed by atoms with Crippen molar-refractivity contribution in [3.8, 4) is 0 Å². The van der Waals surface area contributed by atoms with Gasteiger partial charge in [-0.3, -0.25) is 9.59 Å². The maximum absolute atomic E-state index is 12.5. The summed E-state index contributed by atoms with van der Waals surface area (Å²) in [4.78, 5) is 23.4. The second kappa shape index (κ2) is 10.7. The van der Waals surface area contributed by atoms with Crippen molar-refractivity contribution in [1.82, 2.24) is 9.62 Å². The Bertz CT molecular complexity index is 1010. The number of sulfonamides is 1. The topological polar surface area (TPSA) is 110 Å². The molecule has 160 valence electrons. The SMILES string of the molecule is CCN(CC)S(=O)(=O)c1ccc(/C=C/C(=O)NCCc2cccc(C(N)=O)c2)cc1. The largest absolute Gasteiger partial charge is 0.366 e. The molecule has 8 heteroatoms. The molecule has 2 rings (SSSR count). The van der Waals surface area contributed by atoms with Gasteiger partial charge >= 0.3 is 0 Å². The summed E-state index contributed by atoms with van der Waals surface area (Å²) in [5, 5.41) is 2.77. The fraction of sp³-hybridized carbons (Fsp3) is 0.273. The zero-order valence-electron chi connectivity index (χ0n) is 17.2. The first-order valence-electron chi connectivity index (χ1n) is 9.72. The van der Waals surface area contributed by atoms with Crippen LogP contribution >= 0.6 is 0 Å². The van der Waals surface area contributed by atoms with E-state index < -0.39 is 15.9 Å². The monoisotopic (exact) mass is 429 g/mol. The quantitative estimate of drug-likeness (QED) is 0.564. The molecule has 3 N–H and O–H groups in total. The standard InChI is InChI=1S/C22H27N3O4S/c1-3-25(4-2)30(28,29)20-11-8-17(9-12-20)10-13-21(26)24-15-14-18-6-5-7-19(16-18)22(23)27/h5-13,16H,3-4,14-15H2,1-2H3,(H2,23,27)(H,24,26)/b13-10+. The maximum Gasteiger partial charge on any atom is 0.248 e. The molecule has 7 nitrogen and oxygen atoms in total. The van der Waals surface area contributed by atoms with Crippen molar-refractivity contribution >= 4 is 27.9 Å². The molecule has 0 spiro atoms. The third kappa shape index (κ3) is 6.27. The van der Waals surface area contributed by atoms with Gasteiger partial charge in [0.05, 0.1) is 4.90 Å². The molecule has 0 aliphatic rings. The van der Waals surface area contributed by atoms with Crippen LogP contribution in [0.4, 0.5) is 0 Å². The highest BCUT2D eigenvalue weighted by molar-refractivity contribution is 7.89. The summed E-state index contributed by atoms with van der Waals surface area (Å²) in [7, 11) is -3.50. The van der Waals surface area contributed by atoms with Gasteiger partial charge in [0.15, 0.2) is 0 Å². The van der Waals surface area contributed by atoms with Gasteiger partial charge < -0.3 is 11.1 Å². The van der Waals surface area contributed by atoms with Crippen LogP contribution in [-0.4, -0.2) is 44.2 Å². The van der Waals surface area contributed by atoms with Crippen molar-refractivity contribution in [2.24, 2.45) is 5.73 Å². The number of nitrogens with two attached hydrogens (primary N) is 1. The Balaban J connectivity index is 1.90. The zero-order valence-corrected chi connectivity index (χ0v) is 18.0. The first kappa shape index (κ1) is 23.3. The first-order valence-corrected chi connectivity index (χ1v) is 11.2. The number of nitrogens with zero attached hydrogens (tertiary/aromatic N) is 1. The van der Waals surface area contributed by atoms with Crippen LogP contribution in [-0.2, 0) is 21.2 Å². The molecule has 0 atom stereocenters. The number of rotatable bonds is 10. The molecule has 0 saturated heterocycles. The fourth-order valence-electron chi connectivity index (χ4n) is 2.90. The highest BCUT2D eigenvalue weighted by atomic mass is 32.2. The number of nitrogens with one attached hydrogen (secondary N) is 1. The molecule has 2 amide bonds. The molecule has 30 heavy (non-hydrogen) atoms. The highest BCUT2D eigenvalue weighted by Gasteiger charge is 2.20. The van der Waals surface area contributed by atoms with Gasteiger partial charge in [-0.2, -0.15) is 4.31 Å². The Morgan fingerprint density at radius 1 is 1.07 bits per heavy atom. The zero-order chi connectivity index (χ0) is 22.1. The molecule has 0 aromatic heterocycles. The van der Waals surface area contributed by atoms with E-state index in [9.17, 15) is 18.0 Å². The number of primary amides is 1. The molecular formula is C22H27N3O4S. The van der Waals surface area contributed by atoms with Crippen molar-refractivity contribution < 1.29 is 18.0 Å². The third-order valence-electron chi connectivity index (χ3n) is 4.57. The number of amides is 2. The predicted molar refractivity (Wildman–Crippen MR) is 117 cm³/mol. The molecule has 0 radical (unpaired) electrons. The molecule has 0 fully saturated rings. The lowest BCUT2D eigenvalue weighted by molar-refractivity contribution is -0.116. The highest BCUT2D eigenvalue weighted by Crippen LogP contribution is 2.16. The van der Waals surface area contributed by atoms with Crippen LogP contribution in [0, 0.1) is 0 Å². The second-order valence-electron chi connectivity index (χ2n) is 6.60. The van der Waals surface area contributed by atoms with Gasteiger partial charge in [-0.1, -0.05) is 38.1 Å². The fourth-order valence-corrected chi connectivity index (χ4v) is 4.36. The van der Waals surface area contributed by atoms with Crippen LogP contribution in [0.2, 0.25) is 0 Å². The molecule has 0 aliphatic heterocycles. The maximum atomic E-state index is 12.5. The summed E-state index contributed by atoms with van der Waals surface area (Å²) >= 11 is 0. The number of hydrogen-bond donors (Lipinski definition) is 2. The van der Waals surface area contributed by atoms with E-state index in [1.165, 1.54) is 22.5 Å². The average Bonchev–Trinajstić information content (AvgIpc) is 2.73. The smallest absolute Gasteiger partial charge is 0.248 e. The van der Waals surface area contributed by atoms with Gasteiger partial charge in [0.1, 0.15) is 0 Å². The van der Waals surface area contributed by atoms with Gasteiger partial charge in [0.25, 0.3) is 0 Å². The molecule has 0 unspecified atom stereocenters. The summed E-state index contributed by atoms with van der Waals surface area (Å²) in [5.74, 6) is -0.749. The van der Waals surface area contributed by atoms with Crippen molar-refractivity contribution in [3.63, 3.8) is 0 Å². The van der Waals surface area contributed by atoms with Crippen LogP contribution in [0.1, 0.15) is 35.3 Å². The number of hydrogen-bond acceptors (Lipinski definition) is 4. The molecule has 2 aromatic carbocycles. The Hall–Kier alpha value is -2.97. The average molecular weight is 430 g/mol. The van der Waals surface area contributed by atoms with E-state index in [1.54, 1.807) is 50.3 Å². The second-order valence-corrected chi connectivity index (χ2v) is 8.54. The van der Waals surface area contributed by atoms with E-state index in [1.807, 2.05) is 6.07 Å². The Morgan fingerprint density at radius 2 is 1.73 bits per heavy atom. The van der Waals surface area contributed by atoms with E-state index in [4.69, 9.17) is 5.73 Å². The van der Waals surface area contributed by atoms with Crippen LogP contribution in [0.15, 0.2) is 59.5 Å². The third-order valence-corrected chi connectivity index (χ3v) is 6.64. The number of carbonyl (C=O) groups excluding carboxylic acids is 2.